The lowest BCUT2D eigenvalue weighted by atomic mass is 10.1. The third-order valence-electron chi connectivity index (χ3n) is 6.00. The van der Waals surface area contributed by atoms with Crippen LogP contribution < -0.4 is 14.4 Å². The van der Waals surface area contributed by atoms with Crippen LogP contribution in [0.3, 0.4) is 0 Å². The number of benzene rings is 2. The summed E-state index contributed by atoms with van der Waals surface area (Å²) in [5.41, 5.74) is 1.36. The SMILES string of the molecule is COc1ccc(N2CCCC2=O)cc1S(=O)(=O)Nc1ccc(C(=O)N2CCN(C)CC2)cc1. The number of carbonyl (C=O) groups is 2. The number of methoxy groups -OCH3 is 1. The maximum absolute atomic E-state index is 13.2. The number of carbonyl (C=O) groups excluding carboxylic acids is 2. The number of hydrogen-bond donors (Lipinski definition) is 1. The first-order chi connectivity index (χ1) is 15.8. The summed E-state index contributed by atoms with van der Waals surface area (Å²) >= 11 is 0. The Hall–Kier alpha value is -3.11. The van der Waals surface area contributed by atoms with Crippen molar-refractivity contribution in [2.75, 3.05) is 56.5 Å². The molecule has 9 nitrogen and oxygen atoms in total. The number of sulfonamides is 1. The van der Waals surface area contributed by atoms with E-state index in [-0.39, 0.29) is 22.5 Å². The highest BCUT2D eigenvalue weighted by atomic mass is 32.2. The summed E-state index contributed by atoms with van der Waals surface area (Å²) in [6.45, 7) is 3.54. The molecule has 0 spiro atoms. The van der Waals surface area contributed by atoms with Crippen LogP contribution in [-0.2, 0) is 14.8 Å². The van der Waals surface area contributed by atoms with Gasteiger partial charge in [0.15, 0.2) is 0 Å². The Morgan fingerprint density at radius 1 is 1.00 bits per heavy atom. The number of hydrogen-bond acceptors (Lipinski definition) is 6. The molecule has 33 heavy (non-hydrogen) atoms. The van der Waals surface area contributed by atoms with Gasteiger partial charge in [-0.3, -0.25) is 14.3 Å². The van der Waals surface area contributed by atoms with E-state index in [9.17, 15) is 18.0 Å². The van der Waals surface area contributed by atoms with Gasteiger partial charge in [0, 0.05) is 56.1 Å². The second kappa shape index (κ2) is 9.40. The van der Waals surface area contributed by atoms with E-state index in [0.717, 1.165) is 19.5 Å². The minimum absolute atomic E-state index is 0.0305. The standard InChI is InChI=1S/C23H28N4O5S/c1-25-12-14-26(15-13-25)23(29)17-5-7-18(8-6-17)24-33(30,31)21-16-19(9-10-20(21)32-2)27-11-3-4-22(27)28/h5-10,16,24H,3-4,11-15H2,1-2H3. The van der Waals surface area contributed by atoms with E-state index in [2.05, 4.69) is 9.62 Å². The van der Waals surface area contributed by atoms with Crippen molar-refractivity contribution in [3.63, 3.8) is 0 Å². The highest BCUT2D eigenvalue weighted by Gasteiger charge is 2.26. The zero-order valence-electron chi connectivity index (χ0n) is 18.8. The van der Waals surface area contributed by atoms with E-state index in [1.54, 1.807) is 46.2 Å². The molecule has 2 aliphatic rings. The lowest BCUT2D eigenvalue weighted by molar-refractivity contribution is -0.117. The molecule has 2 saturated heterocycles. The molecule has 0 bridgehead atoms. The molecule has 0 aromatic heterocycles. The van der Waals surface area contributed by atoms with Gasteiger partial charge in [-0.1, -0.05) is 0 Å². The number of nitrogens with one attached hydrogen (secondary N) is 1. The van der Waals surface area contributed by atoms with E-state index in [1.165, 1.54) is 13.2 Å². The Bertz CT molecular complexity index is 1140. The largest absolute Gasteiger partial charge is 0.495 e. The van der Waals surface area contributed by atoms with Gasteiger partial charge in [0.25, 0.3) is 15.9 Å². The van der Waals surface area contributed by atoms with Gasteiger partial charge in [0.05, 0.1) is 7.11 Å². The summed E-state index contributed by atoms with van der Waals surface area (Å²) in [7, 11) is -0.578. The topological polar surface area (TPSA) is 99.3 Å². The third-order valence-corrected chi connectivity index (χ3v) is 7.40. The Kier molecular flexibility index (Phi) is 6.57. The second-order valence-electron chi connectivity index (χ2n) is 8.26. The maximum Gasteiger partial charge on any atom is 0.265 e. The van der Waals surface area contributed by atoms with Gasteiger partial charge < -0.3 is 19.4 Å². The van der Waals surface area contributed by atoms with Gasteiger partial charge in [0.1, 0.15) is 10.6 Å². The lowest BCUT2D eigenvalue weighted by Gasteiger charge is -2.32. The fourth-order valence-electron chi connectivity index (χ4n) is 4.05. The summed E-state index contributed by atoms with van der Waals surface area (Å²) in [5, 5.41) is 0. The first-order valence-electron chi connectivity index (χ1n) is 10.9. The number of ether oxygens (including phenoxy) is 1. The Balaban J connectivity index is 1.52. The molecule has 1 N–H and O–H groups in total. The molecular formula is C23H28N4O5S. The average Bonchev–Trinajstić information content (AvgIpc) is 3.25. The van der Waals surface area contributed by atoms with Crippen LogP contribution in [0.15, 0.2) is 47.4 Å². The lowest BCUT2D eigenvalue weighted by Crippen LogP contribution is -2.47. The molecule has 2 aromatic carbocycles. The summed E-state index contributed by atoms with van der Waals surface area (Å²) in [4.78, 5) is 30.3. The molecule has 0 aliphatic carbocycles. The van der Waals surface area contributed by atoms with Crippen molar-refractivity contribution in [1.29, 1.82) is 0 Å². The Morgan fingerprint density at radius 3 is 2.30 bits per heavy atom. The van der Waals surface area contributed by atoms with E-state index >= 15 is 0 Å². The molecule has 2 amide bonds. The fourth-order valence-corrected chi connectivity index (χ4v) is 5.30. The minimum atomic E-state index is -4.00. The average molecular weight is 473 g/mol. The summed E-state index contributed by atoms with van der Waals surface area (Å²) in [5.74, 6) is 0.0824. The summed E-state index contributed by atoms with van der Waals surface area (Å²) in [6.07, 6.45) is 1.19. The van der Waals surface area contributed by atoms with Crippen LogP contribution >= 0.6 is 0 Å². The van der Waals surface area contributed by atoms with Gasteiger partial charge in [-0.2, -0.15) is 0 Å². The quantitative estimate of drug-likeness (QED) is 0.691. The van der Waals surface area contributed by atoms with Gasteiger partial charge >= 0.3 is 0 Å². The number of anilines is 2. The predicted molar refractivity (Wildman–Crippen MR) is 125 cm³/mol. The van der Waals surface area contributed by atoms with Crippen molar-refractivity contribution in [3.05, 3.63) is 48.0 Å². The third kappa shape index (κ3) is 4.96. The normalized spacial score (nSPS) is 17.3. The van der Waals surface area contributed by atoms with Crippen LogP contribution in [0.2, 0.25) is 0 Å². The Labute approximate surface area is 194 Å². The molecule has 2 heterocycles. The minimum Gasteiger partial charge on any atom is -0.495 e. The smallest absolute Gasteiger partial charge is 0.265 e. The molecule has 0 atom stereocenters. The predicted octanol–water partition coefficient (Wildman–Crippen LogP) is 2.01. The fraction of sp³-hybridized carbons (Fsp3) is 0.391. The van der Waals surface area contributed by atoms with Crippen LogP contribution in [-0.4, -0.2) is 76.9 Å². The van der Waals surface area contributed by atoms with E-state index in [1.807, 2.05) is 7.05 Å². The van der Waals surface area contributed by atoms with Crippen LogP contribution in [0.1, 0.15) is 23.2 Å². The van der Waals surface area contributed by atoms with Crippen molar-refractivity contribution in [2.45, 2.75) is 17.7 Å². The van der Waals surface area contributed by atoms with Crippen LogP contribution in [0, 0.1) is 0 Å². The van der Waals surface area contributed by atoms with Crippen LogP contribution in [0.5, 0.6) is 5.75 Å². The van der Waals surface area contributed by atoms with E-state index in [0.29, 0.717) is 43.0 Å². The summed E-state index contributed by atoms with van der Waals surface area (Å²) in [6, 6.07) is 11.1. The number of rotatable bonds is 6. The van der Waals surface area contributed by atoms with Gasteiger partial charge in [0.2, 0.25) is 5.91 Å². The maximum atomic E-state index is 13.2. The molecule has 10 heteroatoms. The first kappa shape index (κ1) is 23.1. The molecule has 176 valence electrons. The molecule has 0 unspecified atom stereocenters. The van der Waals surface area contributed by atoms with E-state index < -0.39 is 10.0 Å². The highest BCUT2D eigenvalue weighted by Crippen LogP contribution is 2.32. The second-order valence-corrected chi connectivity index (χ2v) is 9.91. The molecule has 2 fully saturated rings. The number of nitrogens with zero attached hydrogens (tertiary/aromatic N) is 3. The van der Waals surface area contributed by atoms with Crippen molar-refractivity contribution in [3.8, 4) is 5.75 Å². The zero-order valence-corrected chi connectivity index (χ0v) is 19.6. The molecule has 4 rings (SSSR count). The van der Waals surface area contributed by atoms with Crippen molar-refractivity contribution < 1.29 is 22.7 Å². The van der Waals surface area contributed by atoms with Crippen LogP contribution in [0.4, 0.5) is 11.4 Å². The first-order valence-corrected chi connectivity index (χ1v) is 12.4. The summed E-state index contributed by atoms with van der Waals surface area (Å²) < 4.78 is 34.1. The molecule has 2 aromatic rings. The monoisotopic (exact) mass is 472 g/mol. The van der Waals surface area contributed by atoms with Gasteiger partial charge in [-0.05, 0) is 55.9 Å². The highest BCUT2D eigenvalue weighted by molar-refractivity contribution is 7.92. The molecule has 0 saturated carbocycles. The molecule has 2 aliphatic heterocycles. The molecular weight excluding hydrogens is 444 g/mol. The van der Waals surface area contributed by atoms with E-state index in [4.69, 9.17) is 4.74 Å². The molecule has 0 radical (unpaired) electrons. The van der Waals surface area contributed by atoms with Gasteiger partial charge in [-0.25, -0.2) is 8.42 Å². The number of amides is 2. The zero-order chi connectivity index (χ0) is 23.6. The van der Waals surface area contributed by atoms with Crippen molar-refractivity contribution in [2.24, 2.45) is 0 Å². The number of piperazine rings is 1. The Morgan fingerprint density at radius 2 is 1.70 bits per heavy atom. The van der Waals surface area contributed by atoms with Crippen LogP contribution in [0.25, 0.3) is 0 Å². The van der Waals surface area contributed by atoms with Crippen molar-refractivity contribution in [1.82, 2.24) is 9.80 Å². The van der Waals surface area contributed by atoms with Crippen molar-refractivity contribution >= 4 is 33.2 Å². The van der Waals surface area contributed by atoms with Gasteiger partial charge in [-0.15, -0.1) is 0 Å². The number of likely N-dealkylation sites (N-methyl/N-ethyl adjacent to an activating group) is 1.